The molecule has 1 aromatic heterocycles. The van der Waals surface area contributed by atoms with Crippen LogP contribution in [0.15, 0.2) is 12.4 Å². The Bertz CT molecular complexity index is 422. The van der Waals surface area contributed by atoms with Crippen LogP contribution in [0.25, 0.3) is 0 Å². The Morgan fingerprint density at radius 2 is 2.28 bits per heavy atom. The zero-order valence-electron chi connectivity index (χ0n) is 10.8. The average molecular weight is 249 g/mol. The largest absolute Gasteiger partial charge is 0.464 e. The zero-order chi connectivity index (χ0) is 13.0. The first-order chi connectivity index (χ1) is 8.69. The standard InChI is InChI=1S/C13H19N3O2/c1-9-4-3-5-10(6-9)15-12-8-14-7-11(16-12)13(17)18-2/h7-10H,3-6H2,1-2H3,(H,15,16). The predicted molar refractivity (Wildman–Crippen MR) is 68.4 cm³/mol. The van der Waals surface area contributed by atoms with Gasteiger partial charge in [0.25, 0.3) is 0 Å². The highest BCUT2D eigenvalue weighted by Crippen LogP contribution is 2.25. The number of carbonyl (C=O) groups excluding carboxylic acids is 1. The van der Waals surface area contributed by atoms with Gasteiger partial charge in [0.15, 0.2) is 5.69 Å². The summed E-state index contributed by atoms with van der Waals surface area (Å²) in [6.07, 6.45) is 7.89. The molecule has 1 saturated carbocycles. The zero-order valence-corrected chi connectivity index (χ0v) is 10.8. The molecule has 1 aromatic rings. The number of hydrogen-bond donors (Lipinski definition) is 1. The van der Waals surface area contributed by atoms with Crippen molar-refractivity contribution in [3.8, 4) is 0 Å². The molecule has 0 radical (unpaired) electrons. The smallest absolute Gasteiger partial charge is 0.358 e. The summed E-state index contributed by atoms with van der Waals surface area (Å²) in [4.78, 5) is 19.6. The number of rotatable bonds is 3. The molecule has 0 aromatic carbocycles. The van der Waals surface area contributed by atoms with Crippen molar-refractivity contribution in [2.45, 2.75) is 38.6 Å². The molecule has 2 unspecified atom stereocenters. The fraction of sp³-hybridized carbons (Fsp3) is 0.615. The van der Waals surface area contributed by atoms with Crippen molar-refractivity contribution in [1.29, 1.82) is 0 Å². The number of esters is 1. The molecule has 1 N–H and O–H groups in total. The first-order valence-electron chi connectivity index (χ1n) is 6.36. The third-order valence-electron chi connectivity index (χ3n) is 3.32. The van der Waals surface area contributed by atoms with Gasteiger partial charge in [-0.25, -0.2) is 9.78 Å². The number of ether oxygens (including phenoxy) is 1. The van der Waals surface area contributed by atoms with Crippen molar-refractivity contribution in [2.24, 2.45) is 5.92 Å². The van der Waals surface area contributed by atoms with Gasteiger partial charge in [-0.05, 0) is 18.8 Å². The van der Waals surface area contributed by atoms with Gasteiger partial charge in [0.1, 0.15) is 5.82 Å². The molecule has 1 aliphatic rings. The van der Waals surface area contributed by atoms with Crippen LogP contribution < -0.4 is 5.32 Å². The van der Waals surface area contributed by atoms with Crippen molar-refractivity contribution in [2.75, 3.05) is 12.4 Å². The summed E-state index contributed by atoms with van der Waals surface area (Å²) >= 11 is 0. The van der Waals surface area contributed by atoms with Crippen molar-refractivity contribution < 1.29 is 9.53 Å². The summed E-state index contributed by atoms with van der Waals surface area (Å²) in [6, 6.07) is 0.427. The molecule has 1 aliphatic carbocycles. The number of hydrogen-bond acceptors (Lipinski definition) is 5. The van der Waals surface area contributed by atoms with E-state index in [2.05, 4.69) is 26.9 Å². The summed E-state index contributed by atoms with van der Waals surface area (Å²) in [7, 11) is 1.34. The SMILES string of the molecule is COC(=O)c1cncc(NC2CCCC(C)C2)n1. The molecule has 0 bridgehead atoms. The second-order valence-corrected chi connectivity index (χ2v) is 4.89. The van der Waals surface area contributed by atoms with Crippen LogP contribution in [-0.4, -0.2) is 29.1 Å². The van der Waals surface area contributed by atoms with Gasteiger partial charge in [-0.15, -0.1) is 0 Å². The average Bonchev–Trinajstić information content (AvgIpc) is 2.38. The maximum atomic E-state index is 11.4. The fourth-order valence-corrected chi connectivity index (χ4v) is 2.41. The van der Waals surface area contributed by atoms with Gasteiger partial charge < -0.3 is 10.1 Å². The molecule has 2 atom stereocenters. The quantitative estimate of drug-likeness (QED) is 0.832. The van der Waals surface area contributed by atoms with Gasteiger partial charge in [-0.2, -0.15) is 0 Å². The molecule has 5 heteroatoms. The van der Waals surface area contributed by atoms with E-state index in [-0.39, 0.29) is 5.69 Å². The van der Waals surface area contributed by atoms with Gasteiger partial charge in [0.2, 0.25) is 0 Å². The van der Waals surface area contributed by atoms with Gasteiger partial charge in [-0.3, -0.25) is 4.98 Å². The molecule has 18 heavy (non-hydrogen) atoms. The molecule has 1 heterocycles. The Balaban J connectivity index is 2.02. The van der Waals surface area contributed by atoms with E-state index in [1.165, 1.54) is 26.1 Å². The first kappa shape index (κ1) is 12.8. The number of nitrogens with one attached hydrogen (secondary N) is 1. The van der Waals surface area contributed by atoms with Crippen LogP contribution in [0, 0.1) is 5.92 Å². The molecular formula is C13H19N3O2. The molecule has 2 rings (SSSR count). The minimum Gasteiger partial charge on any atom is -0.464 e. The number of anilines is 1. The maximum Gasteiger partial charge on any atom is 0.358 e. The van der Waals surface area contributed by atoms with Crippen molar-refractivity contribution >= 4 is 11.8 Å². The van der Waals surface area contributed by atoms with Crippen LogP contribution in [-0.2, 0) is 4.74 Å². The summed E-state index contributed by atoms with van der Waals surface area (Å²) in [5.41, 5.74) is 0.242. The lowest BCUT2D eigenvalue weighted by Gasteiger charge is -2.27. The highest BCUT2D eigenvalue weighted by Gasteiger charge is 2.19. The van der Waals surface area contributed by atoms with E-state index >= 15 is 0 Å². The Morgan fingerprint density at radius 1 is 1.44 bits per heavy atom. The predicted octanol–water partition coefficient (Wildman–Crippen LogP) is 2.25. The van der Waals surface area contributed by atoms with Gasteiger partial charge in [0.05, 0.1) is 19.5 Å². The van der Waals surface area contributed by atoms with Crippen LogP contribution in [0.4, 0.5) is 5.82 Å². The third kappa shape index (κ3) is 3.18. The van der Waals surface area contributed by atoms with Crippen LogP contribution in [0.2, 0.25) is 0 Å². The number of nitrogens with zero attached hydrogens (tertiary/aromatic N) is 2. The normalized spacial score (nSPS) is 23.4. The maximum absolute atomic E-state index is 11.4. The molecular weight excluding hydrogens is 230 g/mol. The molecule has 0 aliphatic heterocycles. The second kappa shape index (κ2) is 5.80. The fourth-order valence-electron chi connectivity index (χ4n) is 2.41. The number of carbonyl (C=O) groups is 1. The van der Waals surface area contributed by atoms with Crippen molar-refractivity contribution in [1.82, 2.24) is 9.97 Å². The van der Waals surface area contributed by atoms with E-state index in [1.807, 2.05) is 0 Å². The third-order valence-corrected chi connectivity index (χ3v) is 3.32. The Hall–Kier alpha value is -1.65. The van der Waals surface area contributed by atoms with E-state index in [9.17, 15) is 4.79 Å². The molecule has 98 valence electrons. The Labute approximate surface area is 107 Å². The van der Waals surface area contributed by atoms with Crippen LogP contribution in [0.1, 0.15) is 43.1 Å². The summed E-state index contributed by atoms with van der Waals surface area (Å²) < 4.78 is 4.63. The molecule has 0 saturated heterocycles. The lowest BCUT2D eigenvalue weighted by Crippen LogP contribution is -2.27. The van der Waals surface area contributed by atoms with E-state index < -0.39 is 5.97 Å². The highest BCUT2D eigenvalue weighted by atomic mass is 16.5. The molecule has 1 fully saturated rings. The van der Waals surface area contributed by atoms with E-state index in [4.69, 9.17) is 0 Å². The molecule has 5 nitrogen and oxygen atoms in total. The minimum absolute atomic E-state index is 0.242. The van der Waals surface area contributed by atoms with Gasteiger partial charge in [-0.1, -0.05) is 19.8 Å². The number of methoxy groups -OCH3 is 1. The van der Waals surface area contributed by atoms with Crippen molar-refractivity contribution in [3.63, 3.8) is 0 Å². The lowest BCUT2D eigenvalue weighted by atomic mass is 9.87. The second-order valence-electron chi connectivity index (χ2n) is 4.89. The summed E-state index contributed by atoms with van der Waals surface area (Å²) in [5, 5.41) is 3.35. The van der Waals surface area contributed by atoms with Crippen LogP contribution in [0.5, 0.6) is 0 Å². The van der Waals surface area contributed by atoms with E-state index in [0.717, 1.165) is 18.8 Å². The minimum atomic E-state index is -0.455. The van der Waals surface area contributed by atoms with E-state index in [1.54, 1.807) is 6.20 Å². The molecule has 0 spiro atoms. The molecule has 0 amide bonds. The topological polar surface area (TPSA) is 64.1 Å². The summed E-state index contributed by atoms with van der Waals surface area (Å²) in [5.74, 6) is 0.938. The van der Waals surface area contributed by atoms with Crippen molar-refractivity contribution in [3.05, 3.63) is 18.1 Å². The Kier molecular flexibility index (Phi) is 4.12. The number of aromatic nitrogens is 2. The van der Waals surface area contributed by atoms with Gasteiger partial charge in [0, 0.05) is 6.04 Å². The monoisotopic (exact) mass is 249 g/mol. The van der Waals surface area contributed by atoms with Crippen LogP contribution in [0.3, 0.4) is 0 Å². The summed E-state index contributed by atoms with van der Waals surface area (Å²) in [6.45, 7) is 2.27. The Morgan fingerprint density at radius 3 is 3.00 bits per heavy atom. The van der Waals surface area contributed by atoms with E-state index in [0.29, 0.717) is 11.9 Å². The highest BCUT2D eigenvalue weighted by molar-refractivity contribution is 5.87. The van der Waals surface area contributed by atoms with Crippen LogP contribution >= 0.6 is 0 Å². The first-order valence-corrected chi connectivity index (χ1v) is 6.36. The van der Waals surface area contributed by atoms with Gasteiger partial charge >= 0.3 is 5.97 Å². The lowest BCUT2D eigenvalue weighted by molar-refractivity contribution is 0.0593.